The van der Waals surface area contributed by atoms with Crippen LogP contribution >= 0.6 is 15.9 Å². The van der Waals surface area contributed by atoms with Crippen molar-refractivity contribution in [2.45, 2.75) is 44.0 Å². The van der Waals surface area contributed by atoms with Crippen LogP contribution in [-0.2, 0) is 22.9 Å². The normalized spacial score (nSPS) is 13.7. The minimum Gasteiger partial charge on any atom is -0.322 e. The highest BCUT2D eigenvalue weighted by atomic mass is 79.9. The molecule has 1 aliphatic rings. The molecule has 0 aliphatic heterocycles. The lowest BCUT2D eigenvalue weighted by Crippen LogP contribution is -2.30. The number of amides is 1. The van der Waals surface area contributed by atoms with Crippen molar-refractivity contribution in [1.29, 1.82) is 0 Å². The van der Waals surface area contributed by atoms with Gasteiger partial charge in [0.15, 0.2) is 0 Å². The van der Waals surface area contributed by atoms with E-state index in [2.05, 4.69) is 26.0 Å². The van der Waals surface area contributed by atoms with Crippen molar-refractivity contribution < 1.29 is 13.2 Å². The lowest BCUT2D eigenvalue weighted by atomic mass is 10.1. The highest BCUT2D eigenvalue weighted by Crippen LogP contribution is 2.26. The number of hydrogen-bond donors (Lipinski definition) is 2. The summed E-state index contributed by atoms with van der Waals surface area (Å²) in [5, 5.41) is 2.86. The molecule has 1 amide bonds. The fraction of sp³-hybridized carbons (Fsp3) is 0.316. The lowest BCUT2D eigenvalue weighted by molar-refractivity contribution is 0.102. The number of hydrogen-bond acceptors (Lipinski definition) is 3. The van der Waals surface area contributed by atoms with E-state index < -0.39 is 10.0 Å². The number of halogens is 1. The first-order chi connectivity index (χ1) is 12.3. The Balaban J connectivity index is 1.86. The molecule has 0 unspecified atom stereocenters. The standard InChI is InChI=1S/C19H21BrN2O3S/c1-12(2)22-26(24,25)16-8-9-18(20)17(11-16)19(23)21-15-7-6-13-4-3-5-14(13)10-15/h6-12,22H,3-5H2,1-2H3,(H,21,23). The van der Waals surface area contributed by atoms with E-state index in [1.807, 2.05) is 18.2 Å². The highest BCUT2D eigenvalue weighted by Gasteiger charge is 2.20. The maximum atomic E-state index is 12.7. The Morgan fingerprint density at radius 3 is 2.54 bits per heavy atom. The van der Waals surface area contributed by atoms with Gasteiger partial charge in [0.25, 0.3) is 5.91 Å². The van der Waals surface area contributed by atoms with Crippen molar-refractivity contribution in [3.05, 3.63) is 57.6 Å². The number of carbonyl (C=O) groups is 1. The van der Waals surface area contributed by atoms with Crippen LogP contribution in [0.1, 0.15) is 41.8 Å². The Morgan fingerprint density at radius 2 is 1.81 bits per heavy atom. The third-order valence-electron chi connectivity index (χ3n) is 4.24. The molecular formula is C19H21BrN2O3S. The van der Waals surface area contributed by atoms with E-state index in [4.69, 9.17) is 0 Å². The first-order valence-electron chi connectivity index (χ1n) is 8.51. The average Bonchev–Trinajstić information content (AvgIpc) is 3.01. The number of rotatable bonds is 5. The first kappa shape index (κ1) is 19.1. The van der Waals surface area contributed by atoms with Crippen LogP contribution in [0.3, 0.4) is 0 Å². The van der Waals surface area contributed by atoms with Crippen LogP contribution in [0.15, 0.2) is 45.8 Å². The van der Waals surface area contributed by atoms with Gasteiger partial charge >= 0.3 is 0 Å². The van der Waals surface area contributed by atoms with Crippen LogP contribution in [0, 0.1) is 0 Å². The van der Waals surface area contributed by atoms with Crippen LogP contribution < -0.4 is 10.0 Å². The average molecular weight is 437 g/mol. The van der Waals surface area contributed by atoms with Crippen molar-refractivity contribution in [1.82, 2.24) is 4.72 Å². The molecular weight excluding hydrogens is 416 g/mol. The number of anilines is 1. The van der Waals surface area contributed by atoms with Crippen LogP contribution in [0.25, 0.3) is 0 Å². The van der Waals surface area contributed by atoms with Gasteiger partial charge in [-0.1, -0.05) is 6.07 Å². The van der Waals surface area contributed by atoms with E-state index in [1.165, 1.54) is 23.3 Å². The summed E-state index contributed by atoms with van der Waals surface area (Å²) in [7, 11) is -3.66. The monoisotopic (exact) mass is 436 g/mol. The van der Waals surface area contributed by atoms with E-state index in [0.29, 0.717) is 4.47 Å². The molecule has 0 aromatic heterocycles. The zero-order valence-electron chi connectivity index (χ0n) is 14.7. The minimum atomic E-state index is -3.66. The number of carbonyl (C=O) groups excluding carboxylic acids is 1. The summed E-state index contributed by atoms with van der Waals surface area (Å²) in [5.74, 6) is -0.351. The van der Waals surface area contributed by atoms with Crippen molar-refractivity contribution in [3.63, 3.8) is 0 Å². The van der Waals surface area contributed by atoms with Gasteiger partial charge in [0.05, 0.1) is 10.5 Å². The molecule has 2 aromatic carbocycles. The van der Waals surface area contributed by atoms with E-state index >= 15 is 0 Å². The molecule has 5 nitrogen and oxygen atoms in total. The minimum absolute atomic E-state index is 0.0634. The molecule has 7 heteroatoms. The summed E-state index contributed by atoms with van der Waals surface area (Å²) in [4.78, 5) is 12.7. The Bertz CT molecular complexity index is 955. The van der Waals surface area contributed by atoms with Gasteiger partial charge in [-0.2, -0.15) is 0 Å². The number of aryl methyl sites for hydroxylation is 2. The van der Waals surface area contributed by atoms with Gasteiger partial charge in [0, 0.05) is 16.2 Å². The molecule has 0 heterocycles. The summed E-state index contributed by atoms with van der Waals surface area (Å²) in [6, 6.07) is 10.1. The lowest BCUT2D eigenvalue weighted by Gasteiger charge is -2.12. The maximum Gasteiger partial charge on any atom is 0.256 e. The predicted molar refractivity (Wildman–Crippen MR) is 106 cm³/mol. The summed E-state index contributed by atoms with van der Waals surface area (Å²) >= 11 is 3.34. The second-order valence-electron chi connectivity index (χ2n) is 6.71. The quantitative estimate of drug-likeness (QED) is 0.746. The number of sulfonamides is 1. The molecule has 0 saturated carbocycles. The fourth-order valence-electron chi connectivity index (χ4n) is 3.07. The molecule has 0 spiro atoms. The Kier molecular flexibility index (Phi) is 5.50. The first-order valence-corrected chi connectivity index (χ1v) is 10.8. The summed E-state index contributed by atoms with van der Waals surface area (Å²) < 4.78 is 27.8. The third-order valence-corrected chi connectivity index (χ3v) is 6.59. The second-order valence-corrected chi connectivity index (χ2v) is 9.28. The van der Waals surface area contributed by atoms with Crippen molar-refractivity contribution in [2.24, 2.45) is 0 Å². The smallest absolute Gasteiger partial charge is 0.256 e. The highest BCUT2D eigenvalue weighted by molar-refractivity contribution is 9.10. The largest absolute Gasteiger partial charge is 0.322 e. The molecule has 0 saturated heterocycles. The van der Waals surface area contributed by atoms with E-state index in [1.54, 1.807) is 19.9 Å². The summed E-state index contributed by atoms with van der Waals surface area (Å²) in [6.45, 7) is 3.50. The second kappa shape index (κ2) is 7.50. The van der Waals surface area contributed by atoms with Crippen LogP contribution in [-0.4, -0.2) is 20.4 Å². The van der Waals surface area contributed by atoms with Crippen molar-refractivity contribution in [2.75, 3.05) is 5.32 Å². The zero-order chi connectivity index (χ0) is 18.9. The SMILES string of the molecule is CC(C)NS(=O)(=O)c1ccc(Br)c(C(=O)Nc2ccc3c(c2)CCC3)c1. The topological polar surface area (TPSA) is 75.3 Å². The molecule has 26 heavy (non-hydrogen) atoms. The Morgan fingerprint density at radius 1 is 1.08 bits per heavy atom. The molecule has 0 fully saturated rings. The van der Waals surface area contributed by atoms with Crippen molar-refractivity contribution >= 4 is 37.5 Å². The molecule has 0 radical (unpaired) electrons. The predicted octanol–water partition coefficient (Wildman–Crippen LogP) is 3.88. The summed E-state index contributed by atoms with van der Waals surface area (Å²) in [5.41, 5.74) is 3.59. The molecule has 138 valence electrons. The van der Waals surface area contributed by atoms with Gasteiger partial charge in [-0.05, 0) is 90.5 Å². The molecule has 0 atom stereocenters. The zero-order valence-corrected chi connectivity index (χ0v) is 17.1. The number of fused-ring (bicyclic) bond motifs is 1. The number of benzene rings is 2. The van der Waals surface area contributed by atoms with Gasteiger partial charge < -0.3 is 5.32 Å². The molecule has 0 bridgehead atoms. The molecule has 2 N–H and O–H groups in total. The molecule has 1 aliphatic carbocycles. The Labute approximate surface area is 162 Å². The van der Waals surface area contributed by atoms with Gasteiger partial charge in [0.1, 0.15) is 0 Å². The van der Waals surface area contributed by atoms with Crippen LogP contribution in [0.5, 0.6) is 0 Å². The molecule has 3 rings (SSSR count). The van der Waals surface area contributed by atoms with Gasteiger partial charge in [-0.25, -0.2) is 13.1 Å². The third kappa shape index (κ3) is 4.16. The molecule has 2 aromatic rings. The van der Waals surface area contributed by atoms with Crippen LogP contribution in [0.2, 0.25) is 0 Å². The van der Waals surface area contributed by atoms with Gasteiger partial charge in [-0.3, -0.25) is 4.79 Å². The van der Waals surface area contributed by atoms with Gasteiger partial charge in [-0.15, -0.1) is 0 Å². The van der Waals surface area contributed by atoms with Crippen molar-refractivity contribution in [3.8, 4) is 0 Å². The fourth-order valence-corrected chi connectivity index (χ4v) is 4.78. The number of nitrogens with one attached hydrogen (secondary N) is 2. The van der Waals surface area contributed by atoms with E-state index in [-0.39, 0.29) is 22.4 Å². The summed E-state index contributed by atoms with van der Waals surface area (Å²) in [6.07, 6.45) is 3.25. The van der Waals surface area contributed by atoms with E-state index in [9.17, 15) is 13.2 Å². The van der Waals surface area contributed by atoms with Gasteiger partial charge in [0.2, 0.25) is 10.0 Å². The van der Waals surface area contributed by atoms with Crippen LogP contribution in [0.4, 0.5) is 5.69 Å². The van der Waals surface area contributed by atoms with E-state index in [0.717, 1.165) is 24.9 Å². The maximum absolute atomic E-state index is 12.7. The Hall–Kier alpha value is -1.70.